The number of aryl methyl sites for hydroxylation is 2. The zero-order valence-corrected chi connectivity index (χ0v) is 15.9. The smallest absolute Gasteiger partial charge is 0.303 e. The van der Waals surface area contributed by atoms with Gasteiger partial charge in [-0.25, -0.2) is 13.1 Å². The molecule has 7 heteroatoms. The number of fused-ring (bicyclic) bond motifs is 1. The molecule has 142 valence electrons. The van der Waals surface area contributed by atoms with Crippen molar-refractivity contribution in [3.05, 3.63) is 65.9 Å². The summed E-state index contributed by atoms with van der Waals surface area (Å²) in [7, 11) is -3.56. The number of nitrogens with one attached hydrogen (secondary N) is 1. The number of aromatic nitrogens is 1. The van der Waals surface area contributed by atoms with Crippen LogP contribution in [0.5, 0.6) is 0 Å². The minimum absolute atomic E-state index is 0.0636. The number of para-hydroxylation sites is 1. The van der Waals surface area contributed by atoms with Crippen LogP contribution in [0.25, 0.3) is 10.9 Å². The second-order valence-electron chi connectivity index (χ2n) is 6.47. The Labute approximate surface area is 158 Å². The van der Waals surface area contributed by atoms with Crippen LogP contribution in [-0.4, -0.2) is 30.6 Å². The van der Waals surface area contributed by atoms with E-state index in [1.54, 1.807) is 24.3 Å². The van der Waals surface area contributed by atoms with Crippen LogP contribution in [0, 0.1) is 6.92 Å². The molecule has 1 heterocycles. The number of rotatable bonds is 8. The number of hydrogen-bond acceptors (Lipinski definition) is 3. The average Bonchev–Trinajstić information content (AvgIpc) is 2.98. The molecule has 0 amide bonds. The number of nitrogens with zero attached hydrogens (tertiary/aromatic N) is 1. The Kier molecular flexibility index (Phi) is 5.62. The molecule has 0 atom stereocenters. The van der Waals surface area contributed by atoms with Gasteiger partial charge in [0.1, 0.15) is 0 Å². The number of sulfonamides is 1. The summed E-state index contributed by atoms with van der Waals surface area (Å²) in [6, 6.07) is 14.5. The van der Waals surface area contributed by atoms with Crippen molar-refractivity contribution in [3.63, 3.8) is 0 Å². The summed E-state index contributed by atoms with van der Waals surface area (Å²) < 4.78 is 29.4. The van der Waals surface area contributed by atoms with Crippen LogP contribution in [0.3, 0.4) is 0 Å². The van der Waals surface area contributed by atoms with Gasteiger partial charge in [0.15, 0.2) is 0 Å². The molecule has 0 radical (unpaired) electrons. The van der Waals surface area contributed by atoms with Crippen LogP contribution in [0.15, 0.2) is 59.6 Å². The maximum Gasteiger partial charge on any atom is 0.303 e. The van der Waals surface area contributed by atoms with E-state index in [0.29, 0.717) is 13.0 Å². The van der Waals surface area contributed by atoms with E-state index in [1.807, 2.05) is 42.0 Å². The molecule has 0 aliphatic heterocycles. The van der Waals surface area contributed by atoms with Gasteiger partial charge in [-0.2, -0.15) is 0 Å². The highest BCUT2D eigenvalue weighted by molar-refractivity contribution is 7.89. The number of hydrogen-bond donors (Lipinski definition) is 2. The molecule has 0 unspecified atom stereocenters. The lowest BCUT2D eigenvalue weighted by Gasteiger charge is -2.09. The zero-order chi connectivity index (χ0) is 19.4. The molecule has 3 rings (SSSR count). The van der Waals surface area contributed by atoms with E-state index in [1.165, 1.54) is 0 Å². The van der Waals surface area contributed by atoms with Gasteiger partial charge >= 0.3 is 5.97 Å². The minimum atomic E-state index is -3.56. The molecule has 3 aromatic rings. The number of carbonyl (C=O) groups is 1. The van der Waals surface area contributed by atoms with E-state index in [-0.39, 0.29) is 17.9 Å². The zero-order valence-electron chi connectivity index (χ0n) is 15.1. The lowest BCUT2D eigenvalue weighted by molar-refractivity contribution is -0.136. The van der Waals surface area contributed by atoms with Crippen molar-refractivity contribution in [3.8, 4) is 0 Å². The van der Waals surface area contributed by atoms with Crippen molar-refractivity contribution in [2.75, 3.05) is 6.54 Å². The van der Waals surface area contributed by atoms with E-state index in [4.69, 9.17) is 5.11 Å². The Morgan fingerprint density at radius 1 is 1.11 bits per heavy atom. The Bertz CT molecular complexity index is 1050. The van der Waals surface area contributed by atoms with Crippen molar-refractivity contribution < 1.29 is 18.3 Å². The molecule has 2 aromatic carbocycles. The lowest BCUT2D eigenvalue weighted by Crippen LogP contribution is -2.27. The van der Waals surface area contributed by atoms with Crippen molar-refractivity contribution in [1.82, 2.24) is 9.29 Å². The first-order chi connectivity index (χ1) is 12.9. The summed E-state index contributed by atoms with van der Waals surface area (Å²) in [4.78, 5) is 11.1. The summed E-state index contributed by atoms with van der Waals surface area (Å²) in [6.45, 7) is 2.61. The third-order valence-corrected chi connectivity index (χ3v) is 5.93. The minimum Gasteiger partial charge on any atom is -0.481 e. The van der Waals surface area contributed by atoms with Crippen molar-refractivity contribution >= 4 is 26.9 Å². The standard InChI is InChI=1S/C20H22N2O4S/c1-15-6-9-17(10-7-15)27(25,26)21-12-13-22-14-16(8-11-20(23)24)18-4-2-3-5-19(18)22/h2-7,9-10,14,21H,8,11-13H2,1H3,(H,23,24). The number of aliphatic carboxylic acids is 1. The highest BCUT2D eigenvalue weighted by atomic mass is 32.2. The monoisotopic (exact) mass is 386 g/mol. The van der Waals surface area contributed by atoms with E-state index in [0.717, 1.165) is 22.0 Å². The van der Waals surface area contributed by atoms with Gasteiger partial charge in [-0.05, 0) is 37.1 Å². The largest absolute Gasteiger partial charge is 0.481 e. The highest BCUT2D eigenvalue weighted by Gasteiger charge is 2.14. The average molecular weight is 386 g/mol. The molecule has 6 nitrogen and oxygen atoms in total. The van der Waals surface area contributed by atoms with Crippen LogP contribution < -0.4 is 4.72 Å². The quantitative estimate of drug-likeness (QED) is 0.623. The maximum absolute atomic E-state index is 12.4. The van der Waals surface area contributed by atoms with E-state index in [2.05, 4.69) is 4.72 Å². The fourth-order valence-corrected chi connectivity index (χ4v) is 4.07. The van der Waals surface area contributed by atoms with Gasteiger partial charge in [-0.1, -0.05) is 35.9 Å². The molecule has 0 saturated carbocycles. The van der Waals surface area contributed by atoms with Crippen molar-refractivity contribution in [1.29, 1.82) is 0 Å². The molecule has 0 spiro atoms. The Hall–Kier alpha value is -2.64. The fraction of sp³-hybridized carbons (Fsp3) is 0.250. The van der Waals surface area contributed by atoms with Crippen LogP contribution in [-0.2, 0) is 27.8 Å². The van der Waals surface area contributed by atoms with Gasteiger partial charge in [0.05, 0.1) is 4.90 Å². The second kappa shape index (κ2) is 7.94. The summed E-state index contributed by atoms with van der Waals surface area (Å²) in [5, 5.41) is 9.93. The van der Waals surface area contributed by atoms with Gasteiger partial charge in [-0.3, -0.25) is 4.79 Å². The first-order valence-electron chi connectivity index (χ1n) is 8.72. The molecule has 1 aromatic heterocycles. The first-order valence-corrected chi connectivity index (χ1v) is 10.2. The highest BCUT2D eigenvalue weighted by Crippen LogP contribution is 2.22. The lowest BCUT2D eigenvalue weighted by atomic mass is 10.1. The Morgan fingerprint density at radius 3 is 2.52 bits per heavy atom. The van der Waals surface area contributed by atoms with Crippen LogP contribution in [0.1, 0.15) is 17.5 Å². The van der Waals surface area contributed by atoms with Gasteiger partial charge in [0.25, 0.3) is 0 Å². The summed E-state index contributed by atoms with van der Waals surface area (Å²) in [6.07, 6.45) is 2.42. The third-order valence-electron chi connectivity index (χ3n) is 4.46. The Morgan fingerprint density at radius 2 is 1.81 bits per heavy atom. The SMILES string of the molecule is Cc1ccc(S(=O)(=O)NCCn2cc(CCC(=O)O)c3ccccc32)cc1. The molecular formula is C20H22N2O4S. The van der Waals surface area contributed by atoms with E-state index < -0.39 is 16.0 Å². The number of carboxylic acids is 1. The van der Waals surface area contributed by atoms with E-state index >= 15 is 0 Å². The van der Waals surface area contributed by atoms with Crippen LogP contribution in [0.2, 0.25) is 0 Å². The molecule has 27 heavy (non-hydrogen) atoms. The summed E-state index contributed by atoms with van der Waals surface area (Å²) in [5.74, 6) is -0.835. The molecule has 2 N–H and O–H groups in total. The maximum atomic E-state index is 12.4. The van der Waals surface area contributed by atoms with Gasteiger partial charge < -0.3 is 9.67 Å². The summed E-state index contributed by atoms with van der Waals surface area (Å²) in [5.41, 5.74) is 2.92. The molecule has 0 saturated heterocycles. The molecule has 0 aliphatic rings. The normalized spacial score (nSPS) is 11.7. The number of benzene rings is 2. The molecular weight excluding hydrogens is 364 g/mol. The summed E-state index contributed by atoms with van der Waals surface area (Å²) >= 11 is 0. The van der Waals surface area contributed by atoms with Gasteiger partial charge in [-0.15, -0.1) is 0 Å². The third kappa shape index (κ3) is 4.56. The fourth-order valence-electron chi connectivity index (χ4n) is 3.05. The van der Waals surface area contributed by atoms with Gasteiger partial charge in [0, 0.05) is 36.6 Å². The predicted molar refractivity (Wildman–Crippen MR) is 104 cm³/mol. The Balaban J connectivity index is 1.73. The van der Waals surface area contributed by atoms with Gasteiger partial charge in [0.2, 0.25) is 10.0 Å². The predicted octanol–water partition coefficient (Wildman–Crippen LogP) is 2.95. The number of carboxylic acid groups (broad SMARTS) is 1. The van der Waals surface area contributed by atoms with Crippen molar-refractivity contribution in [2.45, 2.75) is 31.2 Å². The molecule has 0 bridgehead atoms. The molecule has 0 aliphatic carbocycles. The topological polar surface area (TPSA) is 88.4 Å². The van der Waals surface area contributed by atoms with Crippen LogP contribution in [0.4, 0.5) is 0 Å². The van der Waals surface area contributed by atoms with E-state index in [9.17, 15) is 13.2 Å². The first kappa shape index (κ1) is 19.1. The van der Waals surface area contributed by atoms with Crippen molar-refractivity contribution in [2.24, 2.45) is 0 Å². The molecule has 0 fully saturated rings. The second-order valence-corrected chi connectivity index (χ2v) is 8.24. The van der Waals surface area contributed by atoms with Crippen LogP contribution >= 0.6 is 0 Å².